The van der Waals surface area contributed by atoms with Crippen LogP contribution in [-0.4, -0.2) is 21.1 Å². The fourth-order valence-electron chi connectivity index (χ4n) is 2.68. The summed E-state index contributed by atoms with van der Waals surface area (Å²) < 4.78 is 40.3. The van der Waals surface area contributed by atoms with E-state index in [4.69, 9.17) is 0 Å². The predicted molar refractivity (Wildman–Crippen MR) is 62.8 cm³/mol. The molecule has 0 bridgehead atoms. The van der Waals surface area contributed by atoms with Crippen LogP contribution in [0, 0.1) is 5.92 Å². The van der Waals surface area contributed by atoms with E-state index in [1.54, 1.807) is 7.05 Å². The van der Waals surface area contributed by atoms with Gasteiger partial charge in [0.05, 0.1) is 22.3 Å². The molecule has 0 aliphatic heterocycles. The lowest BCUT2D eigenvalue weighted by molar-refractivity contribution is -0.202. The first-order valence-electron chi connectivity index (χ1n) is 5.71. The molecule has 3 nitrogen and oxygen atoms in total. The highest BCUT2D eigenvalue weighted by Gasteiger charge is 2.49. The Morgan fingerprint density at radius 3 is 2.72 bits per heavy atom. The Morgan fingerprint density at radius 2 is 2.22 bits per heavy atom. The summed E-state index contributed by atoms with van der Waals surface area (Å²) in [7, 11) is 1.62. The minimum Gasteiger partial charge on any atom is -0.384 e. The van der Waals surface area contributed by atoms with Gasteiger partial charge in [-0.15, -0.1) is 0 Å². The maximum absolute atomic E-state index is 12.8. The van der Waals surface area contributed by atoms with E-state index in [1.165, 1.54) is 10.9 Å². The average molecular weight is 327 g/mol. The van der Waals surface area contributed by atoms with Crippen LogP contribution in [0.15, 0.2) is 10.7 Å². The summed E-state index contributed by atoms with van der Waals surface area (Å²) in [6.07, 6.45) is -2.28. The van der Waals surface area contributed by atoms with Crippen molar-refractivity contribution in [3.05, 3.63) is 16.4 Å². The minimum absolute atomic E-state index is 0.0846. The fourth-order valence-corrected chi connectivity index (χ4v) is 3.40. The van der Waals surface area contributed by atoms with E-state index in [9.17, 15) is 18.3 Å². The molecule has 1 fully saturated rings. The van der Waals surface area contributed by atoms with Crippen LogP contribution in [0.1, 0.15) is 31.4 Å². The van der Waals surface area contributed by atoms with Crippen molar-refractivity contribution in [1.82, 2.24) is 9.78 Å². The van der Waals surface area contributed by atoms with Crippen LogP contribution in [0.4, 0.5) is 13.2 Å². The molecular weight excluding hydrogens is 313 g/mol. The van der Waals surface area contributed by atoms with Crippen LogP contribution in [0.5, 0.6) is 0 Å². The van der Waals surface area contributed by atoms with Crippen molar-refractivity contribution in [3.8, 4) is 0 Å². The van der Waals surface area contributed by atoms with Gasteiger partial charge in [-0.05, 0) is 41.6 Å². The van der Waals surface area contributed by atoms with Crippen molar-refractivity contribution in [2.45, 2.75) is 37.5 Å². The first-order chi connectivity index (χ1) is 8.24. The van der Waals surface area contributed by atoms with Gasteiger partial charge in [0.2, 0.25) is 0 Å². The van der Waals surface area contributed by atoms with Crippen LogP contribution in [-0.2, 0) is 12.6 Å². The number of hydrogen-bond donors (Lipinski definition) is 1. The summed E-state index contributed by atoms with van der Waals surface area (Å²) in [4.78, 5) is 0. The predicted octanol–water partition coefficient (Wildman–Crippen LogP) is 3.12. The molecule has 1 aliphatic carbocycles. The number of nitrogens with zero attached hydrogens (tertiary/aromatic N) is 2. The Balaban J connectivity index is 2.32. The van der Waals surface area contributed by atoms with Crippen LogP contribution >= 0.6 is 15.9 Å². The summed E-state index contributed by atoms with van der Waals surface area (Å²) in [5, 5.41) is 14.5. The van der Waals surface area contributed by atoms with Gasteiger partial charge < -0.3 is 5.11 Å². The molecule has 2 atom stereocenters. The van der Waals surface area contributed by atoms with E-state index in [1.807, 2.05) is 0 Å². The van der Waals surface area contributed by atoms with E-state index in [0.29, 0.717) is 23.0 Å². The third-order valence-corrected chi connectivity index (χ3v) is 4.11. The summed E-state index contributed by atoms with van der Waals surface area (Å²) in [6.45, 7) is 0. The standard InChI is InChI=1S/C11H14BrF3N2O/c1-17-9(8(12)6-16-17)10(18)4-2-3-7(5-10)11(13,14)15/h6-7,18H,2-5H2,1H3. The Bertz CT molecular complexity index is 426. The van der Waals surface area contributed by atoms with Crippen molar-refractivity contribution in [3.63, 3.8) is 0 Å². The maximum Gasteiger partial charge on any atom is 0.391 e. The topological polar surface area (TPSA) is 38.0 Å². The van der Waals surface area contributed by atoms with Gasteiger partial charge in [0.1, 0.15) is 5.60 Å². The average Bonchev–Trinajstić information content (AvgIpc) is 2.58. The molecular formula is C11H14BrF3N2O. The number of hydrogen-bond acceptors (Lipinski definition) is 2. The molecule has 102 valence electrons. The number of halogens is 4. The normalized spacial score (nSPS) is 29.6. The molecule has 18 heavy (non-hydrogen) atoms. The molecule has 0 radical (unpaired) electrons. The Labute approximate surface area is 111 Å². The number of aromatic nitrogens is 2. The molecule has 0 spiro atoms. The van der Waals surface area contributed by atoms with E-state index in [0.717, 1.165) is 0 Å². The Kier molecular flexibility index (Phi) is 3.48. The fraction of sp³-hybridized carbons (Fsp3) is 0.727. The zero-order valence-electron chi connectivity index (χ0n) is 9.84. The molecule has 1 N–H and O–H groups in total. The van der Waals surface area contributed by atoms with E-state index in [2.05, 4.69) is 21.0 Å². The van der Waals surface area contributed by atoms with E-state index >= 15 is 0 Å². The number of alkyl halides is 3. The third kappa shape index (κ3) is 2.42. The second-order valence-corrected chi connectivity index (χ2v) is 5.69. The molecule has 2 unspecified atom stereocenters. The van der Waals surface area contributed by atoms with Gasteiger partial charge >= 0.3 is 6.18 Å². The largest absolute Gasteiger partial charge is 0.391 e. The molecule has 0 amide bonds. The van der Waals surface area contributed by atoms with Crippen LogP contribution in [0.2, 0.25) is 0 Å². The number of rotatable bonds is 1. The zero-order valence-corrected chi connectivity index (χ0v) is 11.4. The smallest absolute Gasteiger partial charge is 0.384 e. The molecule has 1 saturated carbocycles. The SMILES string of the molecule is Cn1ncc(Br)c1C1(O)CCCC(C(F)(F)F)C1. The van der Waals surface area contributed by atoms with Crippen molar-refractivity contribution < 1.29 is 18.3 Å². The summed E-state index contributed by atoms with van der Waals surface area (Å²) >= 11 is 3.23. The molecule has 2 rings (SSSR count). The lowest BCUT2D eigenvalue weighted by Crippen LogP contribution is -2.39. The lowest BCUT2D eigenvalue weighted by Gasteiger charge is -2.37. The minimum atomic E-state index is -4.25. The third-order valence-electron chi connectivity index (χ3n) is 3.52. The maximum atomic E-state index is 12.8. The van der Waals surface area contributed by atoms with Gasteiger partial charge in [0.25, 0.3) is 0 Å². The molecule has 1 aromatic rings. The van der Waals surface area contributed by atoms with Gasteiger partial charge in [-0.25, -0.2) is 0 Å². The molecule has 7 heteroatoms. The van der Waals surface area contributed by atoms with Crippen LogP contribution in [0.25, 0.3) is 0 Å². The summed E-state index contributed by atoms with van der Waals surface area (Å²) in [6, 6.07) is 0. The quantitative estimate of drug-likeness (QED) is 0.861. The lowest BCUT2D eigenvalue weighted by atomic mass is 9.76. The molecule has 1 heterocycles. The van der Waals surface area contributed by atoms with Crippen LogP contribution < -0.4 is 0 Å². The second-order valence-electron chi connectivity index (χ2n) is 4.83. The van der Waals surface area contributed by atoms with E-state index < -0.39 is 17.7 Å². The molecule has 1 aliphatic rings. The Morgan fingerprint density at radius 1 is 1.56 bits per heavy atom. The van der Waals surface area contributed by atoms with Crippen LogP contribution in [0.3, 0.4) is 0 Å². The molecule has 1 aromatic heterocycles. The first kappa shape index (κ1) is 13.9. The second kappa shape index (κ2) is 4.52. The monoisotopic (exact) mass is 326 g/mol. The zero-order chi connectivity index (χ0) is 13.6. The van der Waals surface area contributed by atoms with Gasteiger partial charge in [-0.3, -0.25) is 4.68 Å². The van der Waals surface area contributed by atoms with Gasteiger partial charge in [0.15, 0.2) is 0 Å². The summed E-state index contributed by atoms with van der Waals surface area (Å²) in [5.41, 5.74) is -1.03. The van der Waals surface area contributed by atoms with Crippen molar-refractivity contribution in [2.75, 3.05) is 0 Å². The number of aliphatic hydroxyl groups is 1. The van der Waals surface area contributed by atoms with E-state index in [-0.39, 0.29) is 12.8 Å². The number of aryl methyl sites for hydroxylation is 1. The highest BCUT2D eigenvalue weighted by atomic mass is 79.9. The van der Waals surface area contributed by atoms with Gasteiger partial charge in [0, 0.05) is 7.05 Å². The summed E-state index contributed by atoms with van der Waals surface area (Å²) in [5.74, 6) is -1.45. The van der Waals surface area contributed by atoms with Crippen molar-refractivity contribution >= 4 is 15.9 Å². The Hall–Kier alpha value is -0.560. The van der Waals surface area contributed by atoms with Gasteiger partial charge in [-0.2, -0.15) is 18.3 Å². The van der Waals surface area contributed by atoms with Crippen molar-refractivity contribution in [1.29, 1.82) is 0 Å². The first-order valence-corrected chi connectivity index (χ1v) is 6.50. The molecule has 0 aromatic carbocycles. The van der Waals surface area contributed by atoms with Crippen molar-refractivity contribution in [2.24, 2.45) is 13.0 Å². The van der Waals surface area contributed by atoms with Gasteiger partial charge in [-0.1, -0.05) is 0 Å². The molecule has 0 saturated heterocycles. The highest BCUT2D eigenvalue weighted by Crippen LogP contribution is 2.47. The highest BCUT2D eigenvalue weighted by molar-refractivity contribution is 9.10.